The summed E-state index contributed by atoms with van der Waals surface area (Å²) in [6.45, 7) is 0. The van der Waals surface area contributed by atoms with Crippen molar-refractivity contribution < 1.29 is 4.74 Å². The van der Waals surface area contributed by atoms with Crippen molar-refractivity contribution in [3.8, 4) is 5.75 Å². The molecule has 2 aromatic heterocycles. The molecule has 0 atom stereocenters. The Morgan fingerprint density at radius 2 is 2.12 bits per heavy atom. The number of pyridine rings is 1. The Hall–Kier alpha value is -2.29. The largest absolute Gasteiger partial charge is 0.461 e. The van der Waals surface area contributed by atoms with Gasteiger partial charge >= 0.3 is 0 Å². The molecular formula is C13H8N2O. The van der Waals surface area contributed by atoms with Crippen molar-refractivity contribution in [1.82, 2.24) is 9.55 Å². The van der Waals surface area contributed by atoms with E-state index in [1.165, 1.54) is 5.39 Å². The number of benzene rings is 1. The first kappa shape index (κ1) is 7.93. The summed E-state index contributed by atoms with van der Waals surface area (Å²) in [6.07, 6.45) is 7.37. The molecule has 0 aliphatic carbocycles. The Balaban J connectivity index is 2.40. The van der Waals surface area contributed by atoms with Gasteiger partial charge < -0.3 is 9.30 Å². The summed E-state index contributed by atoms with van der Waals surface area (Å²) < 4.78 is 7.65. The third kappa shape index (κ3) is 0.810. The van der Waals surface area contributed by atoms with Gasteiger partial charge in [-0.05, 0) is 12.1 Å². The van der Waals surface area contributed by atoms with E-state index in [1.54, 1.807) is 6.26 Å². The monoisotopic (exact) mass is 208 g/mol. The van der Waals surface area contributed by atoms with E-state index in [2.05, 4.69) is 15.6 Å². The predicted octanol–water partition coefficient (Wildman–Crippen LogP) is 3.01. The summed E-state index contributed by atoms with van der Waals surface area (Å²) in [5.41, 5.74) is 2.28. The maximum Gasteiger partial charge on any atom is 0.151 e. The van der Waals surface area contributed by atoms with Crippen LogP contribution in [0.2, 0.25) is 0 Å². The Morgan fingerprint density at radius 3 is 3.12 bits per heavy atom. The highest BCUT2D eigenvalue weighted by atomic mass is 16.5. The average molecular weight is 208 g/mol. The van der Waals surface area contributed by atoms with Crippen molar-refractivity contribution in [1.29, 1.82) is 0 Å². The predicted molar refractivity (Wildman–Crippen MR) is 63.2 cm³/mol. The lowest BCUT2D eigenvalue weighted by Gasteiger charge is -2.10. The molecular weight excluding hydrogens is 200 g/mol. The Bertz CT molecular complexity index is 740. The van der Waals surface area contributed by atoms with Crippen molar-refractivity contribution >= 4 is 28.0 Å². The first-order valence-electron chi connectivity index (χ1n) is 5.15. The van der Waals surface area contributed by atoms with E-state index in [-0.39, 0.29) is 0 Å². The molecule has 0 saturated carbocycles. The van der Waals surface area contributed by atoms with Gasteiger partial charge in [-0.25, -0.2) is 0 Å². The van der Waals surface area contributed by atoms with Gasteiger partial charge in [0.2, 0.25) is 0 Å². The van der Waals surface area contributed by atoms with Gasteiger partial charge in [-0.15, -0.1) is 0 Å². The lowest BCUT2D eigenvalue weighted by Crippen LogP contribution is -1.95. The van der Waals surface area contributed by atoms with E-state index in [0.29, 0.717) is 0 Å². The second-order valence-corrected chi connectivity index (χ2v) is 3.82. The van der Waals surface area contributed by atoms with Crippen LogP contribution in [0.4, 0.5) is 0 Å². The molecule has 1 aromatic carbocycles. The number of aromatic nitrogens is 2. The van der Waals surface area contributed by atoms with Crippen LogP contribution in [0, 0.1) is 0 Å². The van der Waals surface area contributed by atoms with E-state index in [0.717, 1.165) is 22.2 Å². The fourth-order valence-electron chi connectivity index (χ4n) is 2.33. The van der Waals surface area contributed by atoms with E-state index >= 15 is 0 Å². The number of ether oxygens (including phenoxy) is 1. The molecule has 0 N–H and O–H groups in total. The lowest BCUT2D eigenvalue weighted by atomic mass is 10.2. The molecule has 3 aromatic rings. The molecule has 76 valence electrons. The highest BCUT2D eigenvalue weighted by molar-refractivity contribution is 6.11. The lowest BCUT2D eigenvalue weighted by molar-refractivity contribution is 0.482. The highest BCUT2D eigenvalue weighted by Gasteiger charge is 2.15. The van der Waals surface area contributed by atoms with Crippen LogP contribution in [0.3, 0.4) is 0 Å². The van der Waals surface area contributed by atoms with Gasteiger partial charge in [0, 0.05) is 29.4 Å². The molecule has 0 spiro atoms. The second-order valence-electron chi connectivity index (χ2n) is 3.82. The zero-order chi connectivity index (χ0) is 10.5. The standard InChI is InChI=1S/C13H8N2O/c1-2-9-10-8-14-5-4-11(10)15-6-7-16-12(3-1)13(9)15/h1-8H. The molecule has 1 aliphatic rings. The summed E-state index contributed by atoms with van der Waals surface area (Å²) in [7, 11) is 0. The van der Waals surface area contributed by atoms with Crippen LogP contribution < -0.4 is 4.74 Å². The maximum absolute atomic E-state index is 5.50. The Morgan fingerprint density at radius 1 is 1.12 bits per heavy atom. The Labute approximate surface area is 91.6 Å². The van der Waals surface area contributed by atoms with Gasteiger partial charge in [-0.2, -0.15) is 0 Å². The van der Waals surface area contributed by atoms with Crippen LogP contribution in [0.5, 0.6) is 5.75 Å². The molecule has 1 aliphatic heterocycles. The molecule has 0 saturated heterocycles. The normalized spacial score (nSPS) is 13.2. The highest BCUT2D eigenvalue weighted by Crippen LogP contribution is 2.36. The molecule has 0 unspecified atom stereocenters. The van der Waals surface area contributed by atoms with Crippen molar-refractivity contribution in [3.63, 3.8) is 0 Å². The van der Waals surface area contributed by atoms with Crippen LogP contribution in [0.1, 0.15) is 0 Å². The van der Waals surface area contributed by atoms with E-state index < -0.39 is 0 Å². The first-order valence-corrected chi connectivity index (χ1v) is 5.15. The summed E-state index contributed by atoms with van der Waals surface area (Å²) in [5.74, 6) is 0.899. The summed E-state index contributed by atoms with van der Waals surface area (Å²) >= 11 is 0. The van der Waals surface area contributed by atoms with Crippen molar-refractivity contribution in [2.24, 2.45) is 0 Å². The Kier molecular flexibility index (Phi) is 1.31. The van der Waals surface area contributed by atoms with Gasteiger partial charge in [0.15, 0.2) is 5.75 Å². The van der Waals surface area contributed by atoms with Gasteiger partial charge in [0.25, 0.3) is 0 Å². The van der Waals surface area contributed by atoms with E-state index in [4.69, 9.17) is 4.74 Å². The fraction of sp³-hybridized carbons (Fsp3) is 0. The SMILES string of the molecule is C1=Cn2c3ccncc3c3cccc(c32)O1. The van der Waals surface area contributed by atoms with Crippen LogP contribution in [0.15, 0.2) is 42.9 Å². The molecule has 16 heavy (non-hydrogen) atoms. The third-order valence-electron chi connectivity index (χ3n) is 2.99. The minimum Gasteiger partial charge on any atom is -0.461 e. The number of rotatable bonds is 0. The minimum atomic E-state index is 0.899. The molecule has 0 fully saturated rings. The average Bonchev–Trinajstić information content (AvgIpc) is 2.68. The zero-order valence-corrected chi connectivity index (χ0v) is 8.42. The number of nitrogens with zero attached hydrogens (tertiary/aromatic N) is 2. The molecule has 3 heterocycles. The van der Waals surface area contributed by atoms with E-state index in [1.807, 2.05) is 36.8 Å². The van der Waals surface area contributed by atoms with Crippen LogP contribution in [-0.4, -0.2) is 9.55 Å². The molecule has 0 amide bonds. The molecule has 4 rings (SSSR count). The second kappa shape index (κ2) is 2.64. The topological polar surface area (TPSA) is 27.1 Å². The fourth-order valence-corrected chi connectivity index (χ4v) is 2.33. The quantitative estimate of drug-likeness (QED) is 0.567. The van der Waals surface area contributed by atoms with Gasteiger partial charge in [-0.1, -0.05) is 12.1 Å². The first-order chi connectivity index (χ1) is 7.95. The summed E-state index contributed by atoms with van der Waals surface area (Å²) in [4.78, 5) is 4.18. The minimum absolute atomic E-state index is 0.899. The summed E-state index contributed by atoms with van der Waals surface area (Å²) in [5, 5.41) is 2.35. The maximum atomic E-state index is 5.50. The van der Waals surface area contributed by atoms with Gasteiger partial charge in [-0.3, -0.25) is 4.98 Å². The van der Waals surface area contributed by atoms with Gasteiger partial charge in [0.05, 0.1) is 11.0 Å². The molecule has 0 bridgehead atoms. The number of para-hydroxylation sites is 1. The van der Waals surface area contributed by atoms with Crippen LogP contribution >= 0.6 is 0 Å². The molecule has 3 heteroatoms. The number of hydrogen-bond donors (Lipinski definition) is 0. The molecule has 3 nitrogen and oxygen atoms in total. The van der Waals surface area contributed by atoms with Crippen LogP contribution in [-0.2, 0) is 0 Å². The summed E-state index contributed by atoms with van der Waals surface area (Å²) in [6, 6.07) is 8.11. The third-order valence-corrected chi connectivity index (χ3v) is 2.99. The smallest absolute Gasteiger partial charge is 0.151 e. The van der Waals surface area contributed by atoms with Crippen molar-refractivity contribution in [3.05, 3.63) is 42.9 Å². The zero-order valence-electron chi connectivity index (χ0n) is 8.42. The van der Waals surface area contributed by atoms with Crippen molar-refractivity contribution in [2.75, 3.05) is 0 Å². The molecule has 0 radical (unpaired) electrons. The van der Waals surface area contributed by atoms with Gasteiger partial charge in [0.1, 0.15) is 6.26 Å². The van der Waals surface area contributed by atoms with Crippen LogP contribution in [0.25, 0.3) is 28.0 Å². The number of fused-ring (bicyclic) bond motifs is 3. The van der Waals surface area contributed by atoms with E-state index in [9.17, 15) is 0 Å². The van der Waals surface area contributed by atoms with Crippen molar-refractivity contribution in [2.45, 2.75) is 0 Å². The number of hydrogen-bond acceptors (Lipinski definition) is 2.